The van der Waals surface area contributed by atoms with E-state index in [1.807, 2.05) is 30.4 Å². The first-order valence-corrected chi connectivity index (χ1v) is 15.5. The summed E-state index contributed by atoms with van der Waals surface area (Å²) < 4.78 is 0. The van der Waals surface area contributed by atoms with E-state index in [0.717, 1.165) is 49.3 Å². The molecule has 1 fully saturated rings. The third-order valence-electron chi connectivity index (χ3n) is 7.72. The number of nitrogens with one attached hydrogen (secondary N) is 3. The second-order valence-electron chi connectivity index (χ2n) is 10.5. The lowest BCUT2D eigenvalue weighted by atomic mass is 9.87. The highest BCUT2D eigenvalue weighted by Crippen LogP contribution is 2.42. The number of benzene rings is 2. The van der Waals surface area contributed by atoms with Crippen molar-refractivity contribution < 1.29 is 4.79 Å². The van der Waals surface area contributed by atoms with Gasteiger partial charge in [-0.15, -0.1) is 0 Å². The van der Waals surface area contributed by atoms with Crippen molar-refractivity contribution in [3.63, 3.8) is 0 Å². The van der Waals surface area contributed by atoms with Crippen LogP contribution in [0.4, 0.5) is 5.69 Å². The van der Waals surface area contributed by atoms with E-state index < -0.39 is 8.07 Å². The molecule has 5 nitrogen and oxygen atoms in total. The van der Waals surface area contributed by atoms with Crippen LogP contribution in [0.3, 0.4) is 0 Å². The topological polar surface area (TPSA) is 91.0 Å². The van der Waals surface area contributed by atoms with Gasteiger partial charge in [0.1, 0.15) is 8.07 Å². The van der Waals surface area contributed by atoms with Gasteiger partial charge in [0.05, 0.1) is 5.71 Å². The molecule has 0 aromatic heterocycles. The summed E-state index contributed by atoms with van der Waals surface area (Å²) in [6, 6.07) is 12.3. The van der Waals surface area contributed by atoms with Crippen LogP contribution in [0.1, 0.15) is 39.9 Å². The second kappa shape index (κ2) is 9.09. The summed E-state index contributed by atoms with van der Waals surface area (Å²) in [5, 5.41) is 17.4. The van der Waals surface area contributed by atoms with Crippen LogP contribution >= 0.6 is 0 Å². The van der Waals surface area contributed by atoms with Crippen LogP contribution < -0.4 is 21.6 Å². The zero-order valence-corrected chi connectivity index (χ0v) is 21.8. The number of hydrogen-bond acceptors (Lipinski definition) is 4. The number of anilines is 1. The van der Waals surface area contributed by atoms with Gasteiger partial charge in [0.15, 0.2) is 0 Å². The third-order valence-corrected chi connectivity index (χ3v) is 11.2. The minimum atomic E-state index is -2.03. The Labute approximate surface area is 208 Å². The predicted octanol–water partition coefficient (Wildman–Crippen LogP) is 4.09. The van der Waals surface area contributed by atoms with Gasteiger partial charge in [-0.05, 0) is 113 Å². The number of piperidine rings is 1. The summed E-state index contributed by atoms with van der Waals surface area (Å²) in [6.07, 6.45) is 8.23. The number of hydrogen-bond donors (Lipinski definition) is 4. The van der Waals surface area contributed by atoms with Crippen LogP contribution in [-0.4, -0.2) is 39.3 Å². The van der Waals surface area contributed by atoms with Crippen LogP contribution in [0, 0.1) is 18.3 Å². The molecule has 3 aliphatic rings. The Morgan fingerprint density at radius 1 is 1.11 bits per heavy atom. The van der Waals surface area contributed by atoms with Gasteiger partial charge in [0.25, 0.3) is 5.91 Å². The normalized spacial score (nSPS) is 19.2. The van der Waals surface area contributed by atoms with Crippen molar-refractivity contribution in [1.82, 2.24) is 10.6 Å². The van der Waals surface area contributed by atoms with Gasteiger partial charge < -0.3 is 21.8 Å². The Morgan fingerprint density at radius 2 is 1.86 bits per heavy atom. The summed E-state index contributed by atoms with van der Waals surface area (Å²) in [6.45, 7) is 9.55. The molecule has 1 aliphatic carbocycles. The molecule has 5 rings (SSSR count). The average Bonchev–Trinajstić information content (AvgIpc) is 2.85. The fourth-order valence-electron chi connectivity index (χ4n) is 5.67. The third kappa shape index (κ3) is 4.32. The van der Waals surface area contributed by atoms with Crippen LogP contribution in [0.15, 0.2) is 65.4 Å². The number of allylic oxidation sites excluding steroid dienone is 5. The molecule has 0 atom stereocenters. The van der Waals surface area contributed by atoms with Crippen LogP contribution in [0.2, 0.25) is 13.1 Å². The zero-order valence-electron chi connectivity index (χ0n) is 20.8. The van der Waals surface area contributed by atoms with Crippen molar-refractivity contribution in [3.8, 4) is 0 Å². The fraction of sp³-hybridized carbons (Fsp3) is 0.310. The Bertz CT molecular complexity index is 1310. The van der Waals surface area contributed by atoms with Crippen LogP contribution in [0.25, 0.3) is 5.57 Å². The number of nitrogen functional groups attached to an aromatic ring is 1. The molecule has 0 spiro atoms. The maximum absolute atomic E-state index is 12.9. The van der Waals surface area contributed by atoms with Crippen molar-refractivity contribution in [1.29, 1.82) is 5.41 Å². The number of aryl methyl sites for hydroxylation is 1. The van der Waals surface area contributed by atoms with Gasteiger partial charge in [-0.1, -0.05) is 31.3 Å². The molecule has 180 valence electrons. The van der Waals surface area contributed by atoms with Gasteiger partial charge >= 0.3 is 0 Å². The minimum Gasteiger partial charge on any atom is -0.399 e. The van der Waals surface area contributed by atoms with E-state index in [1.165, 1.54) is 27.1 Å². The number of nitrogens with two attached hydrogens (primary N) is 1. The summed E-state index contributed by atoms with van der Waals surface area (Å²) in [7, 11) is -2.03. The summed E-state index contributed by atoms with van der Waals surface area (Å²) >= 11 is 0. The first-order chi connectivity index (χ1) is 16.8. The quantitative estimate of drug-likeness (QED) is 0.391. The maximum atomic E-state index is 12.9. The molecule has 2 aliphatic heterocycles. The molecule has 0 bridgehead atoms. The highest BCUT2D eigenvalue weighted by Gasteiger charge is 2.39. The summed E-state index contributed by atoms with van der Waals surface area (Å²) in [5.41, 5.74) is 14.0. The first-order valence-electron chi connectivity index (χ1n) is 12.5. The van der Waals surface area contributed by atoms with E-state index in [4.69, 9.17) is 11.1 Å². The Balaban J connectivity index is 1.53. The highest BCUT2D eigenvalue weighted by molar-refractivity contribution is 6.98. The molecule has 1 saturated heterocycles. The lowest BCUT2D eigenvalue weighted by Gasteiger charge is -2.38. The molecular weight excluding hydrogens is 448 g/mol. The second-order valence-corrected chi connectivity index (χ2v) is 14.8. The van der Waals surface area contributed by atoms with Gasteiger partial charge in [0.2, 0.25) is 0 Å². The van der Waals surface area contributed by atoms with E-state index in [2.05, 4.69) is 54.9 Å². The lowest BCUT2D eigenvalue weighted by molar-refractivity contribution is 0.0944. The molecule has 5 N–H and O–H groups in total. The van der Waals surface area contributed by atoms with Gasteiger partial charge in [-0.25, -0.2) is 0 Å². The largest absolute Gasteiger partial charge is 0.399 e. The standard InChI is InChI=1S/C29H34N4OSi/c1-18-14-20(29(34)33-17-19-10-12-32-13-11-19)4-7-23(18)28-24-8-5-21(30)15-26(24)35(2,3)27-16-22(31)6-9-25(27)28/h4-9,14-16,19,30,32H,10-13,17,31H2,1-3H3,(H,33,34). The van der Waals surface area contributed by atoms with Crippen molar-refractivity contribution in [2.24, 2.45) is 5.92 Å². The van der Waals surface area contributed by atoms with Crippen molar-refractivity contribution in [2.75, 3.05) is 25.4 Å². The van der Waals surface area contributed by atoms with E-state index >= 15 is 0 Å². The van der Waals surface area contributed by atoms with E-state index in [9.17, 15) is 4.79 Å². The summed E-state index contributed by atoms with van der Waals surface area (Å²) in [5.74, 6) is 0.543. The molecule has 2 heterocycles. The molecule has 6 heteroatoms. The van der Waals surface area contributed by atoms with E-state index in [-0.39, 0.29) is 5.91 Å². The molecular formula is C29H34N4OSi. The Morgan fingerprint density at radius 3 is 2.60 bits per heavy atom. The Hall–Kier alpha value is -3.22. The molecule has 0 saturated carbocycles. The number of rotatable bonds is 4. The van der Waals surface area contributed by atoms with Crippen molar-refractivity contribution in [2.45, 2.75) is 32.9 Å². The number of fused-ring (bicyclic) bond motifs is 2. The minimum absolute atomic E-state index is 0.00668. The highest BCUT2D eigenvalue weighted by atomic mass is 28.3. The van der Waals surface area contributed by atoms with Gasteiger partial charge in [-0.3, -0.25) is 4.79 Å². The monoisotopic (exact) mass is 482 g/mol. The lowest BCUT2D eigenvalue weighted by Crippen LogP contribution is -2.49. The smallest absolute Gasteiger partial charge is 0.251 e. The summed E-state index contributed by atoms with van der Waals surface area (Å²) in [4.78, 5) is 12.9. The first kappa shape index (κ1) is 23.5. The fourth-order valence-corrected chi connectivity index (χ4v) is 8.76. The molecule has 0 radical (unpaired) electrons. The molecule has 1 amide bonds. The van der Waals surface area contributed by atoms with Crippen molar-refractivity contribution in [3.05, 3.63) is 87.6 Å². The molecule has 2 aromatic rings. The van der Waals surface area contributed by atoms with Gasteiger partial charge in [-0.2, -0.15) is 0 Å². The predicted molar refractivity (Wildman–Crippen MR) is 148 cm³/mol. The zero-order chi connectivity index (χ0) is 24.7. The van der Waals surface area contributed by atoms with Gasteiger partial charge in [0, 0.05) is 17.8 Å². The van der Waals surface area contributed by atoms with Crippen LogP contribution in [0.5, 0.6) is 0 Å². The number of carbonyl (C=O) groups is 1. The van der Waals surface area contributed by atoms with Crippen LogP contribution in [-0.2, 0) is 0 Å². The number of carbonyl (C=O) groups excluding carboxylic acids is 1. The molecule has 0 unspecified atom stereocenters. The van der Waals surface area contributed by atoms with E-state index in [0.29, 0.717) is 17.2 Å². The van der Waals surface area contributed by atoms with Crippen molar-refractivity contribution >= 4 is 36.1 Å². The Kier molecular flexibility index (Phi) is 6.11. The average molecular weight is 483 g/mol. The SMILES string of the molecule is Cc1cc(C(=O)NCC2CCNCC2)ccc1C1=C2C=CC(=N)C=C2[Si](C)(C)c2cc(N)ccc21. The maximum Gasteiger partial charge on any atom is 0.251 e. The molecule has 2 aromatic carbocycles. The molecule has 35 heavy (non-hydrogen) atoms. The number of amides is 1. The van der Waals surface area contributed by atoms with E-state index in [1.54, 1.807) is 0 Å².